The molecule has 2 rings (SSSR count). The molecule has 1 N–H and O–H groups in total. The molecule has 3 atom stereocenters. The molecule has 18 heavy (non-hydrogen) atoms. The molecule has 0 aromatic heterocycles. The summed E-state index contributed by atoms with van der Waals surface area (Å²) in [7, 11) is 2.27. The van der Waals surface area contributed by atoms with E-state index >= 15 is 0 Å². The van der Waals surface area contributed by atoms with Crippen LogP contribution in [0.2, 0.25) is 0 Å². The highest BCUT2D eigenvalue weighted by Gasteiger charge is 2.40. The van der Waals surface area contributed by atoms with E-state index in [0.29, 0.717) is 5.92 Å². The highest BCUT2D eigenvalue weighted by atomic mass is 16.3. The summed E-state index contributed by atoms with van der Waals surface area (Å²) in [4.78, 5) is 2.56. The fourth-order valence-corrected chi connectivity index (χ4v) is 3.96. The molecular formula is C16H31NO. The molecule has 0 saturated carbocycles. The third kappa shape index (κ3) is 3.48. The first-order valence-corrected chi connectivity index (χ1v) is 8.12. The predicted octanol–water partition coefficient (Wildman–Crippen LogP) is 3.58. The molecule has 0 amide bonds. The van der Waals surface area contributed by atoms with Gasteiger partial charge in [0.2, 0.25) is 0 Å². The molecule has 2 aliphatic heterocycles. The van der Waals surface area contributed by atoms with Crippen LogP contribution < -0.4 is 0 Å². The molecule has 0 aromatic carbocycles. The number of rotatable bonds is 7. The maximum Gasteiger partial charge on any atom is 0.0569 e. The Kier molecular flexibility index (Phi) is 5.50. The molecule has 2 bridgehead atoms. The van der Waals surface area contributed by atoms with Crippen LogP contribution in [0.5, 0.6) is 0 Å². The van der Waals surface area contributed by atoms with Crippen LogP contribution in [-0.4, -0.2) is 35.2 Å². The Labute approximate surface area is 113 Å². The largest absolute Gasteiger partial charge is 0.393 e. The molecule has 2 aliphatic rings. The van der Waals surface area contributed by atoms with Crippen molar-refractivity contribution in [2.75, 3.05) is 7.05 Å². The molecule has 0 aromatic rings. The highest BCUT2D eigenvalue weighted by Crippen LogP contribution is 2.39. The summed E-state index contributed by atoms with van der Waals surface area (Å²) in [5, 5.41) is 10.4. The lowest BCUT2D eigenvalue weighted by Gasteiger charge is -2.38. The van der Waals surface area contributed by atoms with Gasteiger partial charge < -0.3 is 10.0 Å². The number of unbranched alkanes of at least 4 members (excludes halogenated alkanes) is 4. The van der Waals surface area contributed by atoms with Gasteiger partial charge in [-0.05, 0) is 45.1 Å². The lowest BCUT2D eigenvalue weighted by Crippen LogP contribution is -2.43. The van der Waals surface area contributed by atoms with Crippen LogP contribution in [0.1, 0.15) is 71.1 Å². The number of nitrogens with zero attached hydrogens (tertiary/aromatic N) is 1. The second-order valence-electron chi connectivity index (χ2n) is 6.55. The molecule has 2 nitrogen and oxygen atoms in total. The first-order valence-electron chi connectivity index (χ1n) is 8.12. The minimum atomic E-state index is -0.0246. The molecular weight excluding hydrogens is 222 g/mol. The van der Waals surface area contributed by atoms with Gasteiger partial charge in [0.15, 0.2) is 0 Å². The summed E-state index contributed by atoms with van der Waals surface area (Å²) < 4.78 is 0. The average Bonchev–Trinajstić information content (AvgIpc) is 2.61. The van der Waals surface area contributed by atoms with E-state index < -0.39 is 0 Å². The summed E-state index contributed by atoms with van der Waals surface area (Å²) in [6.45, 7) is 2.25. The zero-order chi connectivity index (χ0) is 13.0. The van der Waals surface area contributed by atoms with E-state index in [1.54, 1.807) is 0 Å². The summed E-state index contributed by atoms with van der Waals surface area (Å²) in [6.07, 6.45) is 12.8. The van der Waals surface area contributed by atoms with Gasteiger partial charge in [-0.1, -0.05) is 39.0 Å². The van der Waals surface area contributed by atoms with Crippen LogP contribution in [0.25, 0.3) is 0 Å². The molecule has 3 unspecified atom stereocenters. The maximum absolute atomic E-state index is 10.4. The smallest absolute Gasteiger partial charge is 0.0569 e. The van der Waals surface area contributed by atoms with E-state index in [4.69, 9.17) is 0 Å². The predicted molar refractivity (Wildman–Crippen MR) is 76.7 cm³/mol. The van der Waals surface area contributed by atoms with Gasteiger partial charge in [-0.2, -0.15) is 0 Å². The number of aliphatic hydroxyl groups is 1. The highest BCUT2D eigenvalue weighted by molar-refractivity contribution is 4.95. The van der Waals surface area contributed by atoms with E-state index in [1.165, 1.54) is 57.8 Å². The Morgan fingerprint density at radius 3 is 2.28 bits per heavy atom. The van der Waals surface area contributed by atoms with Gasteiger partial charge in [0, 0.05) is 12.1 Å². The molecule has 0 radical (unpaired) electrons. The Balaban J connectivity index is 1.66. The van der Waals surface area contributed by atoms with Crippen molar-refractivity contribution in [1.82, 2.24) is 4.90 Å². The van der Waals surface area contributed by atoms with Gasteiger partial charge in [0.05, 0.1) is 6.10 Å². The number of piperidine rings is 1. The Morgan fingerprint density at radius 1 is 1.06 bits per heavy atom. The van der Waals surface area contributed by atoms with Crippen molar-refractivity contribution in [3.8, 4) is 0 Å². The minimum Gasteiger partial charge on any atom is -0.393 e. The molecule has 0 aliphatic carbocycles. The van der Waals surface area contributed by atoms with Crippen LogP contribution in [0.4, 0.5) is 0 Å². The Bertz CT molecular complexity index is 229. The summed E-state index contributed by atoms with van der Waals surface area (Å²) >= 11 is 0. The first kappa shape index (κ1) is 14.3. The van der Waals surface area contributed by atoms with Crippen molar-refractivity contribution in [2.24, 2.45) is 5.92 Å². The number of fused-ring (bicyclic) bond motifs is 2. The van der Waals surface area contributed by atoms with Crippen molar-refractivity contribution >= 4 is 0 Å². The monoisotopic (exact) mass is 253 g/mol. The van der Waals surface area contributed by atoms with Crippen LogP contribution in [0.3, 0.4) is 0 Å². The SMILES string of the molecule is CCCCCCCC(O)C1CC2CCC(C1)N2C. The zero-order valence-corrected chi connectivity index (χ0v) is 12.3. The molecule has 2 heterocycles. The third-order valence-corrected chi connectivity index (χ3v) is 5.28. The zero-order valence-electron chi connectivity index (χ0n) is 12.3. The van der Waals surface area contributed by atoms with E-state index in [1.807, 2.05) is 0 Å². The van der Waals surface area contributed by atoms with Crippen LogP contribution >= 0.6 is 0 Å². The molecule has 2 heteroatoms. The average molecular weight is 253 g/mol. The van der Waals surface area contributed by atoms with Crippen molar-refractivity contribution < 1.29 is 5.11 Å². The van der Waals surface area contributed by atoms with Gasteiger partial charge in [-0.15, -0.1) is 0 Å². The van der Waals surface area contributed by atoms with Crippen LogP contribution in [0.15, 0.2) is 0 Å². The topological polar surface area (TPSA) is 23.5 Å². The normalized spacial score (nSPS) is 33.8. The second kappa shape index (κ2) is 6.91. The first-order chi connectivity index (χ1) is 8.72. The van der Waals surface area contributed by atoms with Crippen molar-refractivity contribution in [3.63, 3.8) is 0 Å². The summed E-state index contributed by atoms with van der Waals surface area (Å²) in [5.41, 5.74) is 0. The van der Waals surface area contributed by atoms with E-state index in [-0.39, 0.29) is 6.10 Å². The second-order valence-corrected chi connectivity index (χ2v) is 6.55. The maximum atomic E-state index is 10.4. The van der Waals surface area contributed by atoms with Crippen LogP contribution in [0, 0.1) is 5.92 Å². The molecule has 0 spiro atoms. The van der Waals surface area contributed by atoms with Gasteiger partial charge in [0.1, 0.15) is 0 Å². The number of hydrogen-bond donors (Lipinski definition) is 1. The fourth-order valence-electron chi connectivity index (χ4n) is 3.96. The van der Waals surface area contributed by atoms with Crippen molar-refractivity contribution in [2.45, 2.75) is 89.3 Å². The Morgan fingerprint density at radius 2 is 1.67 bits per heavy atom. The van der Waals surface area contributed by atoms with Gasteiger partial charge >= 0.3 is 0 Å². The van der Waals surface area contributed by atoms with E-state index in [9.17, 15) is 5.11 Å². The van der Waals surface area contributed by atoms with Gasteiger partial charge in [0.25, 0.3) is 0 Å². The van der Waals surface area contributed by atoms with E-state index in [0.717, 1.165) is 18.5 Å². The minimum absolute atomic E-state index is 0.0246. The standard InChI is InChI=1S/C16H31NO/c1-3-4-5-6-7-8-16(18)13-11-14-9-10-15(12-13)17(14)2/h13-16,18H,3-12H2,1-2H3. The molecule has 2 saturated heterocycles. The Hall–Kier alpha value is -0.0800. The van der Waals surface area contributed by atoms with Gasteiger partial charge in [-0.3, -0.25) is 0 Å². The lowest BCUT2D eigenvalue weighted by molar-refractivity contribution is 0.0304. The number of aliphatic hydroxyl groups excluding tert-OH is 1. The fraction of sp³-hybridized carbons (Fsp3) is 1.00. The van der Waals surface area contributed by atoms with Crippen molar-refractivity contribution in [3.05, 3.63) is 0 Å². The van der Waals surface area contributed by atoms with Crippen molar-refractivity contribution in [1.29, 1.82) is 0 Å². The third-order valence-electron chi connectivity index (χ3n) is 5.28. The van der Waals surface area contributed by atoms with E-state index in [2.05, 4.69) is 18.9 Å². The number of hydrogen-bond acceptors (Lipinski definition) is 2. The summed E-state index contributed by atoms with van der Waals surface area (Å²) in [5.74, 6) is 0.588. The molecule has 106 valence electrons. The van der Waals surface area contributed by atoms with Gasteiger partial charge in [-0.25, -0.2) is 0 Å². The quantitative estimate of drug-likeness (QED) is 0.701. The molecule has 2 fully saturated rings. The lowest BCUT2D eigenvalue weighted by atomic mass is 9.84. The van der Waals surface area contributed by atoms with Crippen LogP contribution in [-0.2, 0) is 0 Å². The summed E-state index contributed by atoms with van der Waals surface area (Å²) in [6, 6.07) is 1.53.